The van der Waals surface area contributed by atoms with E-state index in [1.165, 1.54) is 0 Å². The van der Waals surface area contributed by atoms with Gasteiger partial charge in [-0.3, -0.25) is 4.79 Å². The van der Waals surface area contributed by atoms with Crippen molar-refractivity contribution in [2.75, 3.05) is 17.6 Å². The molecule has 0 atom stereocenters. The van der Waals surface area contributed by atoms with Crippen LogP contribution in [0.15, 0.2) is 18.2 Å². The largest absolute Gasteiger partial charge is 0.494 e. The maximum absolute atomic E-state index is 11.5. The van der Waals surface area contributed by atoms with E-state index in [1.54, 1.807) is 0 Å². The summed E-state index contributed by atoms with van der Waals surface area (Å²) in [6, 6.07) is 5.71. The van der Waals surface area contributed by atoms with Crippen LogP contribution in [0.1, 0.15) is 22.3 Å². The van der Waals surface area contributed by atoms with Gasteiger partial charge < -0.3 is 10.1 Å². The van der Waals surface area contributed by atoms with Crippen molar-refractivity contribution in [3.05, 3.63) is 29.3 Å². The minimum atomic E-state index is 0.0278. The second-order valence-corrected chi connectivity index (χ2v) is 4.79. The molecule has 0 spiro atoms. The minimum Gasteiger partial charge on any atom is -0.494 e. The number of nitrogens with one attached hydrogen (secondary N) is 1. The zero-order valence-corrected chi connectivity index (χ0v) is 11.1. The molecule has 0 fully saturated rings. The molecular formula is C12H14INO2. The normalized spacial score (nSPS) is 14.2. The summed E-state index contributed by atoms with van der Waals surface area (Å²) >= 11 is 2.33. The Morgan fingerprint density at radius 2 is 2.31 bits per heavy atom. The van der Waals surface area contributed by atoms with Gasteiger partial charge >= 0.3 is 0 Å². The van der Waals surface area contributed by atoms with Gasteiger partial charge in [-0.25, -0.2) is 0 Å². The predicted molar refractivity (Wildman–Crippen MR) is 71.5 cm³/mol. The van der Waals surface area contributed by atoms with Crippen molar-refractivity contribution >= 4 is 28.5 Å². The van der Waals surface area contributed by atoms with E-state index in [1.807, 2.05) is 18.2 Å². The van der Waals surface area contributed by atoms with Crippen LogP contribution in [0.5, 0.6) is 5.75 Å². The highest BCUT2D eigenvalue weighted by Crippen LogP contribution is 2.20. The summed E-state index contributed by atoms with van der Waals surface area (Å²) in [4.78, 5) is 11.5. The summed E-state index contributed by atoms with van der Waals surface area (Å²) in [5, 5.41) is 2.83. The summed E-state index contributed by atoms with van der Waals surface area (Å²) in [6.45, 7) is 1.47. The molecule has 0 aliphatic carbocycles. The molecule has 0 saturated carbocycles. The quantitative estimate of drug-likeness (QED) is 0.522. The first-order chi connectivity index (χ1) is 7.81. The Morgan fingerprint density at radius 3 is 3.12 bits per heavy atom. The van der Waals surface area contributed by atoms with E-state index in [0.717, 1.165) is 47.3 Å². The number of benzene rings is 1. The third-order valence-electron chi connectivity index (χ3n) is 2.55. The summed E-state index contributed by atoms with van der Waals surface area (Å²) in [5.74, 6) is 0.901. The average Bonchev–Trinajstić information content (AvgIpc) is 2.30. The number of alkyl halides is 1. The molecule has 86 valence electrons. The van der Waals surface area contributed by atoms with Crippen molar-refractivity contribution in [2.24, 2.45) is 0 Å². The molecule has 1 aromatic carbocycles. The standard InChI is InChI=1S/C12H14INO2/c13-5-1-7-16-10-2-3-11-9(8-10)4-6-14-12(11)15/h2-3,8H,1,4-7H2,(H,14,15). The lowest BCUT2D eigenvalue weighted by Crippen LogP contribution is -2.31. The van der Waals surface area contributed by atoms with Crippen LogP contribution in [0.3, 0.4) is 0 Å². The summed E-state index contributed by atoms with van der Waals surface area (Å²) in [6.07, 6.45) is 1.95. The smallest absolute Gasteiger partial charge is 0.251 e. The molecule has 1 heterocycles. The van der Waals surface area contributed by atoms with Crippen LogP contribution < -0.4 is 10.1 Å². The second-order valence-electron chi connectivity index (χ2n) is 3.72. The Kier molecular flexibility index (Phi) is 4.04. The maximum atomic E-state index is 11.5. The molecule has 1 amide bonds. The Labute approximate surface area is 109 Å². The van der Waals surface area contributed by atoms with Crippen molar-refractivity contribution < 1.29 is 9.53 Å². The molecular weight excluding hydrogens is 317 g/mol. The highest BCUT2D eigenvalue weighted by molar-refractivity contribution is 14.1. The SMILES string of the molecule is O=C1NCCc2cc(OCCCI)ccc21. The molecule has 1 N–H and O–H groups in total. The molecule has 0 unspecified atom stereocenters. The third-order valence-corrected chi connectivity index (χ3v) is 3.31. The van der Waals surface area contributed by atoms with E-state index in [2.05, 4.69) is 27.9 Å². The number of carbonyl (C=O) groups is 1. The van der Waals surface area contributed by atoms with Gasteiger partial charge in [-0.1, -0.05) is 22.6 Å². The van der Waals surface area contributed by atoms with E-state index in [4.69, 9.17) is 4.74 Å². The highest BCUT2D eigenvalue weighted by Gasteiger charge is 2.16. The van der Waals surface area contributed by atoms with Gasteiger partial charge in [0.1, 0.15) is 5.75 Å². The Hall–Kier alpha value is -0.780. The molecule has 2 rings (SSSR count). The Morgan fingerprint density at radius 1 is 1.44 bits per heavy atom. The van der Waals surface area contributed by atoms with Gasteiger partial charge in [-0.2, -0.15) is 0 Å². The fraction of sp³-hybridized carbons (Fsp3) is 0.417. The van der Waals surface area contributed by atoms with Gasteiger partial charge in [0.2, 0.25) is 0 Å². The van der Waals surface area contributed by atoms with E-state index in [-0.39, 0.29) is 5.91 Å². The average molecular weight is 331 g/mol. The van der Waals surface area contributed by atoms with Crippen LogP contribution in [0.4, 0.5) is 0 Å². The Balaban J connectivity index is 2.09. The van der Waals surface area contributed by atoms with Crippen LogP contribution in [0.25, 0.3) is 0 Å². The molecule has 3 nitrogen and oxygen atoms in total. The van der Waals surface area contributed by atoms with Gasteiger partial charge in [0.15, 0.2) is 0 Å². The first-order valence-corrected chi connectivity index (χ1v) is 6.93. The highest BCUT2D eigenvalue weighted by atomic mass is 127. The van der Waals surface area contributed by atoms with Crippen LogP contribution in [-0.2, 0) is 6.42 Å². The first kappa shape index (κ1) is 11.7. The summed E-state index contributed by atoms with van der Waals surface area (Å²) < 4.78 is 6.71. The molecule has 1 aliphatic heterocycles. The fourth-order valence-corrected chi connectivity index (χ4v) is 2.05. The zero-order chi connectivity index (χ0) is 11.4. The third kappa shape index (κ3) is 2.66. The van der Waals surface area contributed by atoms with E-state index in [9.17, 15) is 4.79 Å². The lowest BCUT2D eigenvalue weighted by Gasteiger charge is -2.17. The first-order valence-electron chi connectivity index (χ1n) is 5.41. The summed E-state index contributed by atoms with van der Waals surface area (Å²) in [7, 11) is 0. The van der Waals surface area contributed by atoms with Crippen LogP contribution in [0.2, 0.25) is 0 Å². The van der Waals surface area contributed by atoms with E-state index in [0.29, 0.717) is 0 Å². The second kappa shape index (κ2) is 5.52. The van der Waals surface area contributed by atoms with Crippen LogP contribution in [0, 0.1) is 0 Å². The van der Waals surface area contributed by atoms with Gasteiger partial charge in [0, 0.05) is 16.5 Å². The van der Waals surface area contributed by atoms with Crippen molar-refractivity contribution in [3.8, 4) is 5.75 Å². The molecule has 16 heavy (non-hydrogen) atoms. The zero-order valence-electron chi connectivity index (χ0n) is 8.96. The molecule has 4 heteroatoms. The van der Waals surface area contributed by atoms with E-state index < -0.39 is 0 Å². The van der Waals surface area contributed by atoms with Crippen molar-refractivity contribution in [2.45, 2.75) is 12.8 Å². The number of amides is 1. The van der Waals surface area contributed by atoms with Gasteiger partial charge in [-0.05, 0) is 36.6 Å². The maximum Gasteiger partial charge on any atom is 0.251 e. The number of carbonyl (C=O) groups excluding carboxylic acids is 1. The monoisotopic (exact) mass is 331 g/mol. The molecule has 1 aromatic rings. The lowest BCUT2D eigenvalue weighted by atomic mass is 10.0. The summed E-state index contributed by atoms with van der Waals surface area (Å²) in [5.41, 5.74) is 1.88. The topological polar surface area (TPSA) is 38.3 Å². The minimum absolute atomic E-state index is 0.0278. The van der Waals surface area contributed by atoms with Crippen LogP contribution in [-0.4, -0.2) is 23.5 Å². The number of hydrogen-bond acceptors (Lipinski definition) is 2. The van der Waals surface area contributed by atoms with Gasteiger partial charge in [-0.15, -0.1) is 0 Å². The molecule has 0 bridgehead atoms. The Bertz CT molecular complexity index is 393. The van der Waals surface area contributed by atoms with Gasteiger partial charge in [0.05, 0.1) is 6.61 Å². The number of fused-ring (bicyclic) bond motifs is 1. The lowest BCUT2D eigenvalue weighted by molar-refractivity contribution is 0.0946. The number of rotatable bonds is 4. The molecule has 0 aromatic heterocycles. The predicted octanol–water partition coefficient (Wildman–Crippen LogP) is 2.18. The number of halogens is 1. The van der Waals surface area contributed by atoms with Crippen molar-refractivity contribution in [1.82, 2.24) is 5.32 Å². The number of ether oxygens (including phenoxy) is 1. The van der Waals surface area contributed by atoms with E-state index >= 15 is 0 Å². The van der Waals surface area contributed by atoms with Gasteiger partial charge in [0.25, 0.3) is 5.91 Å². The fourth-order valence-electron chi connectivity index (χ4n) is 1.74. The number of hydrogen-bond donors (Lipinski definition) is 1. The molecule has 0 radical (unpaired) electrons. The molecule has 0 saturated heterocycles. The van der Waals surface area contributed by atoms with Crippen LogP contribution >= 0.6 is 22.6 Å². The van der Waals surface area contributed by atoms with Crippen molar-refractivity contribution in [3.63, 3.8) is 0 Å². The molecule has 1 aliphatic rings. The van der Waals surface area contributed by atoms with Crippen molar-refractivity contribution in [1.29, 1.82) is 0 Å².